The van der Waals surface area contributed by atoms with Crippen LogP contribution < -0.4 is 0 Å². The fourth-order valence-corrected chi connectivity index (χ4v) is 1.03. The highest BCUT2D eigenvalue weighted by atomic mass is 35.5. The van der Waals surface area contributed by atoms with E-state index in [1.807, 2.05) is 0 Å². The van der Waals surface area contributed by atoms with E-state index < -0.39 is 12.1 Å². The summed E-state index contributed by atoms with van der Waals surface area (Å²) in [5.41, 5.74) is 0. The predicted octanol–water partition coefficient (Wildman–Crippen LogP) is 1.01. The summed E-state index contributed by atoms with van der Waals surface area (Å²) in [5.74, 6) is -0.240. The third-order valence-electron chi connectivity index (χ3n) is 1.50. The summed E-state index contributed by atoms with van der Waals surface area (Å²) >= 11 is 5.49. The van der Waals surface area contributed by atoms with Crippen molar-refractivity contribution >= 4 is 17.6 Å². The number of carbonyl (C=O) groups excluding carboxylic acids is 1. The standard InChI is InChI=1S/C8H9ClO4/c1-12-8(11)6(10)4-5-2-3-7(9)13-5/h2-3,6,10H,4H2,1H3. The van der Waals surface area contributed by atoms with E-state index in [4.69, 9.17) is 16.0 Å². The number of methoxy groups -OCH3 is 1. The molecular formula is C8H9ClO4. The normalized spacial score (nSPS) is 12.5. The molecule has 5 heteroatoms. The third-order valence-corrected chi connectivity index (χ3v) is 1.70. The number of esters is 1. The monoisotopic (exact) mass is 204 g/mol. The number of aliphatic hydroxyl groups is 1. The van der Waals surface area contributed by atoms with E-state index in [2.05, 4.69) is 4.74 Å². The van der Waals surface area contributed by atoms with Gasteiger partial charge >= 0.3 is 5.97 Å². The number of hydrogen-bond donors (Lipinski definition) is 1. The van der Waals surface area contributed by atoms with Gasteiger partial charge in [-0.3, -0.25) is 0 Å². The number of halogens is 1. The average molecular weight is 205 g/mol. The van der Waals surface area contributed by atoms with Crippen molar-refractivity contribution in [1.29, 1.82) is 0 Å². The Morgan fingerprint density at radius 2 is 2.46 bits per heavy atom. The highest BCUT2D eigenvalue weighted by Gasteiger charge is 2.17. The highest BCUT2D eigenvalue weighted by Crippen LogP contribution is 2.14. The van der Waals surface area contributed by atoms with Crippen LogP contribution in [0.2, 0.25) is 5.22 Å². The molecule has 0 aliphatic heterocycles. The van der Waals surface area contributed by atoms with Gasteiger partial charge in [-0.05, 0) is 23.7 Å². The van der Waals surface area contributed by atoms with Crippen LogP contribution in [0.25, 0.3) is 0 Å². The van der Waals surface area contributed by atoms with E-state index in [0.717, 1.165) is 0 Å². The lowest BCUT2D eigenvalue weighted by molar-refractivity contribution is -0.150. The van der Waals surface area contributed by atoms with Crippen molar-refractivity contribution in [2.75, 3.05) is 7.11 Å². The van der Waals surface area contributed by atoms with Gasteiger partial charge in [0.05, 0.1) is 7.11 Å². The zero-order valence-electron chi connectivity index (χ0n) is 6.99. The second-order valence-corrected chi connectivity index (χ2v) is 2.82. The Morgan fingerprint density at radius 3 is 2.92 bits per heavy atom. The molecule has 0 saturated carbocycles. The summed E-state index contributed by atoms with van der Waals surface area (Å²) in [6.07, 6.45) is -1.13. The van der Waals surface area contributed by atoms with Crippen LogP contribution in [-0.2, 0) is 16.0 Å². The minimum atomic E-state index is -1.20. The van der Waals surface area contributed by atoms with Gasteiger partial charge in [0.2, 0.25) is 0 Å². The van der Waals surface area contributed by atoms with Gasteiger partial charge in [-0.2, -0.15) is 0 Å². The Morgan fingerprint density at radius 1 is 1.77 bits per heavy atom. The first-order chi connectivity index (χ1) is 6.13. The maximum absolute atomic E-state index is 10.8. The molecule has 1 atom stereocenters. The highest BCUT2D eigenvalue weighted by molar-refractivity contribution is 6.28. The van der Waals surface area contributed by atoms with Gasteiger partial charge in [0, 0.05) is 6.42 Å². The lowest BCUT2D eigenvalue weighted by atomic mass is 10.2. The molecule has 0 radical (unpaired) electrons. The molecule has 0 amide bonds. The number of furan rings is 1. The Balaban J connectivity index is 2.54. The van der Waals surface area contributed by atoms with Crippen molar-refractivity contribution in [3.05, 3.63) is 23.1 Å². The summed E-state index contributed by atoms with van der Waals surface area (Å²) < 4.78 is 9.27. The lowest BCUT2D eigenvalue weighted by Gasteiger charge is -2.04. The Bertz CT molecular complexity index is 294. The topological polar surface area (TPSA) is 59.7 Å². The summed E-state index contributed by atoms with van der Waals surface area (Å²) in [4.78, 5) is 10.8. The first-order valence-electron chi connectivity index (χ1n) is 3.63. The molecule has 1 N–H and O–H groups in total. The maximum atomic E-state index is 10.8. The molecule has 0 bridgehead atoms. The van der Waals surface area contributed by atoms with Gasteiger partial charge < -0.3 is 14.3 Å². The van der Waals surface area contributed by atoms with E-state index in [0.29, 0.717) is 5.76 Å². The minimum absolute atomic E-state index is 0.0688. The van der Waals surface area contributed by atoms with Crippen molar-refractivity contribution in [3.63, 3.8) is 0 Å². The number of aliphatic hydroxyl groups excluding tert-OH is 1. The lowest BCUT2D eigenvalue weighted by Crippen LogP contribution is -2.23. The van der Waals surface area contributed by atoms with Gasteiger partial charge in [-0.15, -0.1) is 0 Å². The molecular weight excluding hydrogens is 196 g/mol. The van der Waals surface area contributed by atoms with Crippen LogP contribution in [0.4, 0.5) is 0 Å². The number of carbonyl (C=O) groups is 1. The van der Waals surface area contributed by atoms with Crippen molar-refractivity contribution < 1.29 is 19.1 Å². The molecule has 1 heterocycles. The van der Waals surface area contributed by atoms with Crippen molar-refractivity contribution in [2.45, 2.75) is 12.5 Å². The zero-order chi connectivity index (χ0) is 9.84. The van der Waals surface area contributed by atoms with Crippen LogP contribution in [0.3, 0.4) is 0 Å². The van der Waals surface area contributed by atoms with Crippen LogP contribution in [0, 0.1) is 0 Å². The molecule has 0 aliphatic rings. The van der Waals surface area contributed by atoms with E-state index >= 15 is 0 Å². The van der Waals surface area contributed by atoms with Crippen molar-refractivity contribution in [3.8, 4) is 0 Å². The zero-order valence-corrected chi connectivity index (χ0v) is 7.75. The first kappa shape index (κ1) is 10.1. The second kappa shape index (κ2) is 4.30. The van der Waals surface area contributed by atoms with Crippen LogP contribution in [0.5, 0.6) is 0 Å². The van der Waals surface area contributed by atoms with Gasteiger partial charge in [-0.25, -0.2) is 4.79 Å². The molecule has 72 valence electrons. The molecule has 1 rings (SSSR count). The number of rotatable bonds is 3. The molecule has 0 saturated heterocycles. The van der Waals surface area contributed by atoms with E-state index in [9.17, 15) is 9.90 Å². The maximum Gasteiger partial charge on any atom is 0.335 e. The summed E-state index contributed by atoms with van der Waals surface area (Å²) in [6.45, 7) is 0. The SMILES string of the molecule is COC(=O)C(O)Cc1ccc(Cl)o1. The van der Waals surface area contributed by atoms with Gasteiger partial charge in [-0.1, -0.05) is 0 Å². The number of ether oxygens (including phenoxy) is 1. The van der Waals surface area contributed by atoms with Crippen molar-refractivity contribution in [1.82, 2.24) is 0 Å². The Hall–Kier alpha value is -1.00. The second-order valence-electron chi connectivity index (χ2n) is 2.45. The fraction of sp³-hybridized carbons (Fsp3) is 0.375. The number of hydrogen-bond acceptors (Lipinski definition) is 4. The molecule has 13 heavy (non-hydrogen) atoms. The van der Waals surface area contributed by atoms with Crippen molar-refractivity contribution in [2.24, 2.45) is 0 Å². The molecule has 4 nitrogen and oxygen atoms in total. The van der Waals surface area contributed by atoms with Crippen LogP contribution in [-0.4, -0.2) is 24.3 Å². The molecule has 0 aromatic carbocycles. The average Bonchev–Trinajstić information content (AvgIpc) is 2.49. The summed E-state index contributed by atoms with van der Waals surface area (Å²) in [5, 5.41) is 9.43. The molecule has 1 unspecified atom stereocenters. The summed E-state index contributed by atoms with van der Waals surface area (Å²) in [6, 6.07) is 3.13. The first-order valence-corrected chi connectivity index (χ1v) is 4.01. The van der Waals surface area contributed by atoms with Crippen LogP contribution in [0.1, 0.15) is 5.76 Å². The molecule has 1 aromatic heterocycles. The molecule has 0 aliphatic carbocycles. The third kappa shape index (κ3) is 2.75. The Kier molecular flexibility index (Phi) is 3.33. The quantitative estimate of drug-likeness (QED) is 0.747. The smallest absolute Gasteiger partial charge is 0.335 e. The minimum Gasteiger partial charge on any atom is -0.467 e. The Labute approximate surface area is 80.1 Å². The van der Waals surface area contributed by atoms with Crippen LogP contribution in [0.15, 0.2) is 16.5 Å². The summed E-state index contributed by atoms with van der Waals surface area (Å²) in [7, 11) is 1.21. The van der Waals surface area contributed by atoms with Gasteiger partial charge in [0.1, 0.15) is 5.76 Å². The van der Waals surface area contributed by atoms with E-state index in [1.165, 1.54) is 7.11 Å². The van der Waals surface area contributed by atoms with Gasteiger partial charge in [0.15, 0.2) is 11.3 Å². The molecule has 0 spiro atoms. The van der Waals surface area contributed by atoms with Crippen LogP contribution >= 0.6 is 11.6 Å². The van der Waals surface area contributed by atoms with E-state index in [1.54, 1.807) is 12.1 Å². The predicted molar refractivity (Wildman–Crippen MR) is 45.4 cm³/mol. The largest absolute Gasteiger partial charge is 0.467 e. The molecule has 1 aromatic rings. The molecule has 0 fully saturated rings. The fourth-order valence-electron chi connectivity index (χ4n) is 0.871. The van der Waals surface area contributed by atoms with E-state index in [-0.39, 0.29) is 11.6 Å². The van der Waals surface area contributed by atoms with Gasteiger partial charge in [0.25, 0.3) is 0 Å².